The number of fused-ring (bicyclic) bond motifs is 1. The lowest BCUT2D eigenvalue weighted by Crippen LogP contribution is -2.41. The molecule has 5 rings (SSSR count). The Labute approximate surface area is 199 Å². The summed E-state index contributed by atoms with van der Waals surface area (Å²) in [6, 6.07) is 1.20. The molecule has 34 heavy (non-hydrogen) atoms. The Balaban J connectivity index is 1.42. The molecule has 1 fully saturated rings. The zero-order valence-corrected chi connectivity index (χ0v) is 20.1. The standard InChI is InChI=1S/C23H31N5O5S/c1-27(34(30,31)32)19-10-16(11-20(19)29)28-8-7-18-22(24-13-25-23(18)28)26-21-15(12-33-2)9-14-5-3-4-6-17(14)21/h4,6-8,13,15-16,19-21,29H,3,5,9-12H2,1-2H3,(H,24,25,26)(H,30,31,32)/t15-,16-,19+,20+,21+/m0/s1. The van der Waals surface area contributed by atoms with Crippen molar-refractivity contribution in [2.24, 2.45) is 5.92 Å². The lowest BCUT2D eigenvalue weighted by molar-refractivity contribution is 0.117. The molecule has 0 saturated heterocycles. The first-order valence-corrected chi connectivity index (χ1v) is 13.0. The first kappa shape index (κ1) is 23.4. The highest BCUT2D eigenvalue weighted by Gasteiger charge is 2.40. The van der Waals surface area contributed by atoms with Crippen molar-refractivity contribution in [2.75, 3.05) is 26.1 Å². The summed E-state index contributed by atoms with van der Waals surface area (Å²) in [5.74, 6) is 1.07. The van der Waals surface area contributed by atoms with Gasteiger partial charge in [0.1, 0.15) is 17.8 Å². The van der Waals surface area contributed by atoms with Gasteiger partial charge in [-0.25, -0.2) is 9.97 Å². The second-order valence-electron chi connectivity index (χ2n) is 9.48. The van der Waals surface area contributed by atoms with Crippen LogP contribution >= 0.6 is 0 Å². The van der Waals surface area contributed by atoms with Crippen LogP contribution in [0.2, 0.25) is 0 Å². The van der Waals surface area contributed by atoms with E-state index in [1.807, 2.05) is 16.8 Å². The van der Waals surface area contributed by atoms with Gasteiger partial charge in [-0.15, -0.1) is 0 Å². The lowest BCUT2D eigenvalue weighted by atomic mass is 9.98. The van der Waals surface area contributed by atoms with Crippen molar-refractivity contribution in [2.45, 2.75) is 56.3 Å². The van der Waals surface area contributed by atoms with E-state index in [0.717, 1.165) is 40.4 Å². The summed E-state index contributed by atoms with van der Waals surface area (Å²) < 4.78 is 40.9. The van der Waals surface area contributed by atoms with Gasteiger partial charge in [-0.3, -0.25) is 4.55 Å². The maximum atomic E-state index is 11.6. The van der Waals surface area contributed by atoms with E-state index in [2.05, 4.69) is 27.4 Å². The number of nitrogens with one attached hydrogen (secondary N) is 1. The van der Waals surface area contributed by atoms with Crippen LogP contribution in [0, 0.1) is 5.92 Å². The number of aliphatic hydroxyl groups is 1. The summed E-state index contributed by atoms with van der Waals surface area (Å²) in [5.41, 5.74) is 3.54. The van der Waals surface area contributed by atoms with Gasteiger partial charge in [0.2, 0.25) is 0 Å². The Hall–Kier alpha value is -2.31. The number of aromatic nitrogens is 3. The molecule has 0 aliphatic heterocycles. The van der Waals surface area contributed by atoms with Gasteiger partial charge in [0.05, 0.1) is 30.2 Å². The molecule has 10 nitrogen and oxygen atoms in total. The predicted octanol–water partition coefficient (Wildman–Crippen LogP) is 2.32. The van der Waals surface area contributed by atoms with Crippen LogP contribution < -0.4 is 5.32 Å². The second-order valence-corrected chi connectivity index (χ2v) is 10.9. The minimum Gasteiger partial charge on any atom is -0.391 e. The maximum Gasteiger partial charge on any atom is 0.335 e. The first-order valence-electron chi connectivity index (χ1n) is 11.6. The molecule has 0 amide bonds. The largest absolute Gasteiger partial charge is 0.391 e. The third-order valence-corrected chi connectivity index (χ3v) is 8.51. The third-order valence-electron chi connectivity index (χ3n) is 7.51. The molecule has 11 heteroatoms. The lowest BCUT2D eigenvalue weighted by Gasteiger charge is -2.24. The number of methoxy groups -OCH3 is 1. The highest BCUT2D eigenvalue weighted by atomic mass is 32.2. The Morgan fingerprint density at radius 2 is 2.15 bits per heavy atom. The highest BCUT2D eigenvalue weighted by Crippen LogP contribution is 2.41. The molecule has 184 valence electrons. The first-order chi connectivity index (χ1) is 16.3. The zero-order valence-electron chi connectivity index (χ0n) is 19.3. The number of nitrogens with zero attached hydrogens (tertiary/aromatic N) is 4. The van der Waals surface area contributed by atoms with Gasteiger partial charge in [0.25, 0.3) is 0 Å². The van der Waals surface area contributed by atoms with E-state index < -0.39 is 22.4 Å². The van der Waals surface area contributed by atoms with Crippen LogP contribution in [0.4, 0.5) is 5.82 Å². The van der Waals surface area contributed by atoms with Crippen molar-refractivity contribution >= 4 is 27.2 Å². The Morgan fingerprint density at radius 3 is 2.91 bits per heavy atom. The molecule has 0 bridgehead atoms. The molecule has 5 atom stereocenters. The molecule has 3 aliphatic carbocycles. The Bertz CT molecular complexity index is 1240. The van der Waals surface area contributed by atoms with Gasteiger partial charge >= 0.3 is 10.3 Å². The molecule has 2 aromatic rings. The number of allylic oxidation sites excluding steroid dienone is 2. The molecule has 2 heterocycles. The number of ether oxygens (including phenoxy) is 1. The molecule has 3 N–H and O–H groups in total. The van der Waals surface area contributed by atoms with Gasteiger partial charge in [-0.1, -0.05) is 17.7 Å². The van der Waals surface area contributed by atoms with E-state index >= 15 is 0 Å². The highest BCUT2D eigenvalue weighted by molar-refractivity contribution is 7.83. The molecule has 0 unspecified atom stereocenters. The monoisotopic (exact) mass is 489 g/mol. The number of rotatable bonds is 7. The van der Waals surface area contributed by atoms with Crippen LogP contribution in [-0.2, 0) is 15.0 Å². The number of hydrogen-bond acceptors (Lipinski definition) is 7. The summed E-state index contributed by atoms with van der Waals surface area (Å²) in [4.78, 5) is 9.04. The quantitative estimate of drug-likeness (QED) is 0.505. The van der Waals surface area contributed by atoms with Crippen molar-refractivity contribution in [3.05, 3.63) is 41.9 Å². The number of hydrogen-bond donors (Lipinski definition) is 3. The third kappa shape index (κ3) is 4.16. The SMILES string of the molecule is COC[C@@H]1CC2=C(C=CCC2)[C@@H]1Nc1ncnc2c1ccn2[C@@H]1C[C@@H](O)[C@H](N(C)S(=O)(=O)O)C1. The van der Waals surface area contributed by atoms with Crippen molar-refractivity contribution in [3.8, 4) is 0 Å². The Morgan fingerprint density at radius 1 is 1.32 bits per heavy atom. The normalized spacial score (nSPS) is 29.4. The molecule has 3 aliphatic rings. The second kappa shape index (κ2) is 9.04. The van der Waals surface area contributed by atoms with Crippen LogP contribution in [0.5, 0.6) is 0 Å². The molecule has 2 aromatic heterocycles. The summed E-state index contributed by atoms with van der Waals surface area (Å²) in [6.45, 7) is 0.663. The fourth-order valence-corrected chi connectivity index (χ4v) is 6.38. The topological polar surface area (TPSA) is 130 Å². The van der Waals surface area contributed by atoms with Crippen LogP contribution in [0.3, 0.4) is 0 Å². The number of likely N-dealkylation sites (N-methyl/N-ethyl adjacent to an activating group) is 1. The Kier molecular flexibility index (Phi) is 6.23. The van der Waals surface area contributed by atoms with E-state index in [1.54, 1.807) is 7.11 Å². The average Bonchev–Trinajstić information content (AvgIpc) is 3.49. The van der Waals surface area contributed by atoms with E-state index in [0.29, 0.717) is 25.4 Å². The molecule has 0 radical (unpaired) electrons. The number of aliphatic hydroxyl groups excluding tert-OH is 1. The van der Waals surface area contributed by atoms with E-state index in [1.165, 1.54) is 24.5 Å². The van der Waals surface area contributed by atoms with Gasteiger partial charge in [0.15, 0.2) is 0 Å². The minimum absolute atomic E-state index is 0.106. The van der Waals surface area contributed by atoms with E-state index in [9.17, 15) is 18.1 Å². The summed E-state index contributed by atoms with van der Waals surface area (Å²) in [5, 5.41) is 15.0. The van der Waals surface area contributed by atoms with Crippen molar-refractivity contribution in [3.63, 3.8) is 0 Å². The van der Waals surface area contributed by atoms with Crippen LogP contribution in [0.15, 0.2) is 41.9 Å². The van der Waals surface area contributed by atoms with Crippen molar-refractivity contribution in [1.82, 2.24) is 18.8 Å². The van der Waals surface area contributed by atoms with Gasteiger partial charge in [0, 0.05) is 32.3 Å². The molecule has 0 spiro atoms. The van der Waals surface area contributed by atoms with E-state index in [4.69, 9.17) is 4.74 Å². The van der Waals surface area contributed by atoms with Crippen molar-refractivity contribution < 1.29 is 22.8 Å². The fourth-order valence-electron chi connectivity index (χ4n) is 5.81. The van der Waals surface area contributed by atoms with Crippen LogP contribution in [-0.4, -0.2) is 75.9 Å². The smallest absolute Gasteiger partial charge is 0.335 e. The molecule has 1 saturated carbocycles. The zero-order chi connectivity index (χ0) is 24.0. The molecular weight excluding hydrogens is 458 g/mol. The van der Waals surface area contributed by atoms with E-state index in [-0.39, 0.29) is 12.1 Å². The van der Waals surface area contributed by atoms with Gasteiger partial charge < -0.3 is 19.7 Å². The summed E-state index contributed by atoms with van der Waals surface area (Å²) >= 11 is 0. The number of anilines is 1. The molecular formula is C23H31N5O5S. The van der Waals surface area contributed by atoms with Crippen molar-refractivity contribution in [1.29, 1.82) is 0 Å². The molecule has 0 aromatic carbocycles. The van der Waals surface area contributed by atoms with Crippen LogP contribution in [0.1, 0.15) is 38.1 Å². The minimum atomic E-state index is -4.39. The summed E-state index contributed by atoms with van der Waals surface area (Å²) in [6.07, 6.45) is 10.9. The summed E-state index contributed by atoms with van der Waals surface area (Å²) in [7, 11) is -1.37. The fraction of sp³-hybridized carbons (Fsp3) is 0.565. The van der Waals surface area contributed by atoms with Crippen LogP contribution in [0.25, 0.3) is 11.0 Å². The van der Waals surface area contributed by atoms with Gasteiger partial charge in [-0.2, -0.15) is 12.7 Å². The van der Waals surface area contributed by atoms with Gasteiger partial charge in [-0.05, 0) is 43.7 Å². The average molecular weight is 490 g/mol. The maximum absolute atomic E-state index is 11.6. The predicted molar refractivity (Wildman–Crippen MR) is 128 cm³/mol.